The van der Waals surface area contributed by atoms with Gasteiger partial charge in [-0.25, -0.2) is 0 Å². The van der Waals surface area contributed by atoms with Crippen LogP contribution in [0, 0.1) is 6.92 Å². The second-order valence-electron chi connectivity index (χ2n) is 5.29. The first-order valence-corrected chi connectivity index (χ1v) is 7.60. The Morgan fingerprint density at radius 2 is 2.00 bits per heavy atom. The highest BCUT2D eigenvalue weighted by molar-refractivity contribution is 6.00. The number of benzene rings is 1. The molecule has 1 aromatic carbocycles. The van der Waals surface area contributed by atoms with Gasteiger partial charge in [0.2, 0.25) is 0 Å². The maximum Gasteiger partial charge on any atom is 0.180 e. The van der Waals surface area contributed by atoms with Gasteiger partial charge < -0.3 is 9.84 Å². The largest absolute Gasteiger partial charge is 0.496 e. The predicted molar refractivity (Wildman–Crippen MR) is 85.1 cm³/mol. The van der Waals surface area contributed by atoms with E-state index in [1.807, 2.05) is 25.1 Å². The van der Waals surface area contributed by atoms with Crippen molar-refractivity contribution in [2.24, 2.45) is 0 Å². The number of carbonyl (C=O) groups is 1. The Morgan fingerprint density at radius 3 is 2.52 bits per heavy atom. The van der Waals surface area contributed by atoms with Gasteiger partial charge in [0, 0.05) is 12.6 Å². The Balaban J connectivity index is 2.91. The average molecular weight is 293 g/mol. The predicted octanol–water partition coefficient (Wildman–Crippen LogP) is 2.67. The van der Waals surface area contributed by atoms with Crippen molar-refractivity contribution >= 4 is 5.78 Å². The summed E-state index contributed by atoms with van der Waals surface area (Å²) in [6.07, 6.45) is 1.93. The maximum absolute atomic E-state index is 12.6. The Bertz CT molecular complexity index is 455. The van der Waals surface area contributed by atoms with Gasteiger partial charge in [-0.05, 0) is 37.5 Å². The van der Waals surface area contributed by atoms with Crippen LogP contribution in [-0.2, 0) is 0 Å². The topological polar surface area (TPSA) is 49.8 Å². The number of ether oxygens (including phenoxy) is 1. The summed E-state index contributed by atoms with van der Waals surface area (Å²) in [6.45, 7) is 7.08. The van der Waals surface area contributed by atoms with Crippen molar-refractivity contribution in [2.75, 3.05) is 26.8 Å². The van der Waals surface area contributed by atoms with Gasteiger partial charge in [-0.2, -0.15) is 0 Å². The minimum atomic E-state index is 0.0344. The molecule has 0 saturated heterocycles. The molecule has 0 aliphatic carbocycles. The Morgan fingerprint density at radius 1 is 1.33 bits per heavy atom. The van der Waals surface area contributed by atoms with E-state index in [1.165, 1.54) is 0 Å². The van der Waals surface area contributed by atoms with Gasteiger partial charge in [-0.3, -0.25) is 9.69 Å². The molecule has 0 bridgehead atoms. The van der Waals surface area contributed by atoms with E-state index in [9.17, 15) is 9.90 Å². The second-order valence-corrected chi connectivity index (χ2v) is 5.29. The minimum absolute atomic E-state index is 0.0344. The van der Waals surface area contributed by atoms with Crippen LogP contribution in [0.2, 0.25) is 0 Å². The van der Waals surface area contributed by atoms with E-state index in [2.05, 4.69) is 18.7 Å². The summed E-state index contributed by atoms with van der Waals surface area (Å²) >= 11 is 0. The highest BCUT2D eigenvalue weighted by Gasteiger charge is 2.20. The van der Waals surface area contributed by atoms with Crippen molar-refractivity contribution in [2.45, 2.75) is 39.7 Å². The third kappa shape index (κ3) is 4.83. The van der Waals surface area contributed by atoms with Gasteiger partial charge in [-0.15, -0.1) is 0 Å². The average Bonchev–Trinajstić information content (AvgIpc) is 2.48. The van der Waals surface area contributed by atoms with Crippen molar-refractivity contribution in [3.8, 4) is 5.75 Å². The van der Waals surface area contributed by atoms with E-state index < -0.39 is 0 Å². The lowest BCUT2D eigenvalue weighted by Crippen LogP contribution is -2.40. The Hall–Kier alpha value is -1.39. The van der Waals surface area contributed by atoms with Crippen LogP contribution in [0.25, 0.3) is 0 Å². The molecule has 0 aliphatic rings. The molecule has 0 saturated carbocycles. The summed E-state index contributed by atoms with van der Waals surface area (Å²) < 4.78 is 5.31. The first-order valence-electron chi connectivity index (χ1n) is 7.60. The molecule has 0 fully saturated rings. The number of aryl methyl sites for hydroxylation is 1. The third-order valence-electron chi connectivity index (χ3n) is 3.85. The summed E-state index contributed by atoms with van der Waals surface area (Å²) in [5.41, 5.74) is 1.67. The number of rotatable bonds is 9. The van der Waals surface area contributed by atoms with Crippen molar-refractivity contribution in [3.63, 3.8) is 0 Å². The quantitative estimate of drug-likeness (QED) is 0.711. The molecule has 1 rings (SSSR count). The summed E-state index contributed by atoms with van der Waals surface area (Å²) in [5.74, 6) is 0.653. The molecule has 1 aromatic rings. The standard InChI is InChI=1S/C17H27NO3/c1-5-14(6-2)18(9-10-19)12-16(20)15-8-7-13(3)11-17(15)21-4/h7-8,11,14,19H,5-6,9-10,12H2,1-4H3. The van der Waals surface area contributed by atoms with Gasteiger partial charge in [0.05, 0.1) is 25.8 Å². The van der Waals surface area contributed by atoms with E-state index in [4.69, 9.17) is 4.74 Å². The van der Waals surface area contributed by atoms with Crippen LogP contribution in [0.4, 0.5) is 0 Å². The van der Waals surface area contributed by atoms with Crippen molar-refractivity contribution in [1.29, 1.82) is 0 Å². The van der Waals surface area contributed by atoms with Gasteiger partial charge >= 0.3 is 0 Å². The third-order valence-corrected chi connectivity index (χ3v) is 3.85. The van der Waals surface area contributed by atoms with Gasteiger partial charge in [-0.1, -0.05) is 19.9 Å². The van der Waals surface area contributed by atoms with Crippen molar-refractivity contribution < 1.29 is 14.6 Å². The molecule has 0 atom stereocenters. The zero-order valence-corrected chi connectivity index (χ0v) is 13.6. The molecule has 0 aliphatic heterocycles. The van der Waals surface area contributed by atoms with E-state index in [1.54, 1.807) is 7.11 Å². The highest BCUT2D eigenvalue weighted by atomic mass is 16.5. The Labute approximate surface area is 127 Å². The molecule has 0 aromatic heterocycles. The lowest BCUT2D eigenvalue weighted by molar-refractivity contribution is 0.0847. The number of Topliss-reactive ketones (excluding diaryl/α,β-unsaturated/α-hetero) is 1. The van der Waals surface area contributed by atoms with Gasteiger partial charge in [0.1, 0.15) is 5.75 Å². The molecule has 0 heterocycles. The number of hydrogen-bond donors (Lipinski definition) is 1. The molecule has 0 radical (unpaired) electrons. The zero-order chi connectivity index (χ0) is 15.8. The number of carbonyl (C=O) groups excluding carboxylic acids is 1. The van der Waals surface area contributed by atoms with Gasteiger partial charge in [0.15, 0.2) is 5.78 Å². The Kier molecular flexibility index (Phi) is 7.40. The summed E-state index contributed by atoms with van der Waals surface area (Å²) in [5, 5.41) is 9.22. The fourth-order valence-corrected chi connectivity index (χ4v) is 2.62. The van der Waals surface area contributed by atoms with Crippen LogP contribution in [-0.4, -0.2) is 48.6 Å². The molecule has 0 spiro atoms. The number of methoxy groups -OCH3 is 1. The summed E-state index contributed by atoms with van der Waals surface area (Å²) in [4.78, 5) is 14.6. The number of aliphatic hydroxyl groups excluding tert-OH is 1. The molecule has 4 nitrogen and oxygen atoms in total. The molecule has 0 amide bonds. The smallest absolute Gasteiger partial charge is 0.180 e. The molecule has 4 heteroatoms. The molecule has 21 heavy (non-hydrogen) atoms. The highest BCUT2D eigenvalue weighted by Crippen LogP contribution is 2.21. The number of hydrogen-bond acceptors (Lipinski definition) is 4. The molecule has 118 valence electrons. The van der Waals surface area contributed by atoms with Crippen LogP contribution < -0.4 is 4.74 Å². The lowest BCUT2D eigenvalue weighted by atomic mass is 10.0. The van der Waals surface area contributed by atoms with Crippen LogP contribution in [0.15, 0.2) is 18.2 Å². The normalized spacial score (nSPS) is 11.2. The second kappa shape index (κ2) is 8.80. The molecule has 1 N–H and O–H groups in total. The van der Waals surface area contributed by atoms with Crippen LogP contribution in [0.5, 0.6) is 5.75 Å². The fraction of sp³-hybridized carbons (Fsp3) is 0.588. The van der Waals surface area contributed by atoms with E-state index in [-0.39, 0.29) is 12.4 Å². The monoisotopic (exact) mass is 293 g/mol. The molecular weight excluding hydrogens is 266 g/mol. The van der Waals surface area contributed by atoms with E-state index in [0.717, 1.165) is 18.4 Å². The zero-order valence-electron chi connectivity index (χ0n) is 13.6. The number of aliphatic hydroxyl groups is 1. The SMILES string of the molecule is CCC(CC)N(CCO)CC(=O)c1ccc(C)cc1OC. The van der Waals surface area contributed by atoms with Crippen molar-refractivity contribution in [1.82, 2.24) is 4.90 Å². The number of nitrogens with zero attached hydrogens (tertiary/aromatic N) is 1. The molecular formula is C17H27NO3. The van der Waals surface area contributed by atoms with Crippen LogP contribution in [0.1, 0.15) is 42.6 Å². The fourth-order valence-electron chi connectivity index (χ4n) is 2.62. The minimum Gasteiger partial charge on any atom is -0.496 e. The van der Waals surface area contributed by atoms with E-state index >= 15 is 0 Å². The first kappa shape index (κ1) is 17.7. The van der Waals surface area contributed by atoms with E-state index in [0.29, 0.717) is 30.4 Å². The summed E-state index contributed by atoms with van der Waals surface area (Å²) in [7, 11) is 1.58. The first-order chi connectivity index (χ1) is 10.1. The molecule has 0 unspecified atom stereocenters. The van der Waals surface area contributed by atoms with Crippen LogP contribution >= 0.6 is 0 Å². The maximum atomic E-state index is 12.6. The van der Waals surface area contributed by atoms with Crippen LogP contribution in [0.3, 0.4) is 0 Å². The number of ketones is 1. The summed E-state index contributed by atoms with van der Waals surface area (Å²) in [6, 6.07) is 5.93. The lowest BCUT2D eigenvalue weighted by Gasteiger charge is -2.29. The van der Waals surface area contributed by atoms with Gasteiger partial charge in [0.25, 0.3) is 0 Å². The van der Waals surface area contributed by atoms with Crippen molar-refractivity contribution in [3.05, 3.63) is 29.3 Å².